The summed E-state index contributed by atoms with van der Waals surface area (Å²) < 4.78 is 7.78. The fraction of sp³-hybridized carbons (Fsp3) is 0.394. The number of anilines is 2. The number of para-hydroxylation sites is 1. The van der Waals surface area contributed by atoms with E-state index in [1.807, 2.05) is 59.5 Å². The Balaban J connectivity index is 1.08. The molecule has 2 fully saturated rings. The van der Waals surface area contributed by atoms with Crippen LogP contribution < -0.4 is 10.2 Å². The van der Waals surface area contributed by atoms with Crippen molar-refractivity contribution in [1.82, 2.24) is 19.7 Å². The van der Waals surface area contributed by atoms with Gasteiger partial charge in [0.1, 0.15) is 0 Å². The van der Waals surface area contributed by atoms with E-state index >= 15 is 0 Å². The first-order valence-electron chi connectivity index (χ1n) is 15.3. The molecule has 10 nitrogen and oxygen atoms in total. The van der Waals surface area contributed by atoms with Crippen molar-refractivity contribution < 1.29 is 19.1 Å². The smallest absolute Gasteiger partial charge is 0.410 e. The molecule has 12 heteroatoms. The highest BCUT2D eigenvalue weighted by Crippen LogP contribution is 2.27. The molecule has 2 aromatic carbocycles. The van der Waals surface area contributed by atoms with Gasteiger partial charge in [0.25, 0.3) is 5.91 Å². The minimum absolute atomic E-state index is 0.0256. The standard InChI is InChI=1S/C33H36Br2N6O4/c34-27-6-5-23(21-28(27)35)22-30(31(42)39-19-17-38(18-20-39)25-7-12-36-13-8-25)45-33(44)40-14-10-26(11-15-40)41-16-9-24-3-1-2-4-29(24)37-32(41)43/h1-8,12-13,21,26,30H,9-11,14-20,22H2,(H,37,43). The van der Waals surface area contributed by atoms with Crippen molar-refractivity contribution in [3.8, 4) is 0 Å². The largest absolute Gasteiger partial charge is 0.436 e. The van der Waals surface area contributed by atoms with E-state index in [1.54, 1.807) is 22.2 Å². The summed E-state index contributed by atoms with van der Waals surface area (Å²) in [7, 11) is 0. The summed E-state index contributed by atoms with van der Waals surface area (Å²) >= 11 is 7.05. The highest BCUT2D eigenvalue weighted by molar-refractivity contribution is 9.13. The molecule has 3 aliphatic rings. The van der Waals surface area contributed by atoms with Gasteiger partial charge in [-0.1, -0.05) is 24.3 Å². The number of rotatable bonds is 6. The van der Waals surface area contributed by atoms with E-state index < -0.39 is 12.2 Å². The molecular formula is C33H36Br2N6O4. The number of fused-ring (bicyclic) bond motifs is 1. The maximum absolute atomic E-state index is 13.9. The highest BCUT2D eigenvalue weighted by Gasteiger charge is 2.35. The number of piperidine rings is 1. The molecule has 1 N–H and O–H groups in total. The van der Waals surface area contributed by atoms with Crippen LogP contribution >= 0.6 is 31.9 Å². The van der Waals surface area contributed by atoms with E-state index in [0.717, 1.165) is 37.9 Å². The molecular weight excluding hydrogens is 704 g/mol. The molecule has 0 aliphatic carbocycles. The van der Waals surface area contributed by atoms with Gasteiger partial charge in [0.2, 0.25) is 0 Å². The number of ether oxygens (including phenoxy) is 1. The van der Waals surface area contributed by atoms with Crippen molar-refractivity contribution in [2.75, 3.05) is 56.0 Å². The number of piperazine rings is 1. The molecule has 4 amide bonds. The van der Waals surface area contributed by atoms with Crippen LogP contribution in [0.1, 0.15) is 24.0 Å². The lowest BCUT2D eigenvalue weighted by molar-refractivity contribution is -0.141. The SMILES string of the molecule is O=C(OC(Cc1ccc(Br)c(Br)c1)C(=O)N1CCN(c2ccncc2)CC1)N1CCC(N2CCc3ccccc3NC2=O)CC1. The first-order valence-corrected chi connectivity index (χ1v) is 16.9. The second-order valence-corrected chi connectivity index (χ2v) is 13.3. The fourth-order valence-corrected chi connectivity index (χ4v) is 6.97. The van der Waals surface area contributed by atoms with Crippen molar-refractivity contribution in [3.05, 3.63) is 87.1 Å². The summed E-state index contributed by atoms with van der Waals surface area (Å²) in [6.45, 7) is 3.97. The van der Waals surface area contributed by atoms with Gasteiger partial charge < -0.3 is 29.7 Å². The number of carbonyl (C=O) groups is 3. The van der Waals surface area contributed by atoms with Gasteiger partial charge in [-0.2, -0.15) is 0 Å². The van der Waals surface area contributed by atoms with Crippen LogP contribution in [0.25, 0.3) is 0 Å². The zero-order valence-electron chi connectivity index (χ0n) is 24.9. The number of hydrogen-bond acceptors (Lipinski definition) is 6. The topological polar surface area (TPSA) is 98.3 Å². The normalized spacial score (nSPS) is 18.1. The average molecular weight is 740 g/mol. The van der Waals surface area contributed by atoms with Crippen LogP contribution in [0.5, 0.6) is 0 Å². The number of nitrogens with zero attached hydrogens (tertiary/aromatic N) is 5. The molecule has 1 aromatic heterocycles. The Morgan fingerprint density at radius 3 is 2.36 bits per heavy atom. The lowest BCUT2D eigenvalue weighted by atomic mass is 10.0. The van der Waals surface area contributed by atoms with Crippen LogP contribution in [0.3, 0.4) is 0 Å². The van der Waals surface area contributed by atoms with E-state index in [1.165, 1.54) is 0 Å². The monoisotopic (exact) mass is 738 g/mol. The Bertz CT molecular complexity index is 1530. The molecule has 236 valence electrons. The van der Waals surface area contributed by atoms with Gasteiger partial charge in [0.05, 0.1) is 0 Å². The number of hydrogen-bond donors (Lipinski definition) is 1. The number of halogens is 2. The average Bonchev–Trinajstić information content (AvgIpc) is 3.24. The van der Waals surface area contributed by atoms with Crippen LogP contribution in [0, 0.1) is 0 Å². The maximum Gasteiger partial charge on any atom is 0.410 e. The van der Waals surface area contributed by atoms with Crippen LogP contribution in [-0.4, -0.2) is 95.7 Å². The molecule has 3 aliphatic heterocycles. The second-order valence-electron chi connectivity index (χ2n) is 11.6. The molecule has 2 saturated heterocycles. The molecule has 0 radical (unpaired) electrons. The van der Waals surface area contributed by atoms with Gasteiger partial charge >= 0.3 is 12.1 Å². The number of likely N-dealkylation sites (tertiary alicyclic amines) is 1. The summed E-state index contributed by atoms with van der Waals surface area (Å²) in [5.41, 5.74) is 3.95. The second kappa shape index (κ2) is 14.2. The first kappa shape index (κ1) is 31.3. The molecule has 45 heavy (non-hydrogen) atoms. The molecule has 6 rings (SSSR count). The number of amides is 4. The fourth-order valence-electron chi connectivity index (χ4n) is 6.30. The van der Waals surface area contributed by atoms with Crippen molar-refractivity contribution in [2.24, 2.45) is 0 Å². The number of nitrogens with one attached hydrogen (secondary N) is 1. The van der Waals surface area contributed by atoms with Gasteiger partial charge in [-0.3, -0.25) is 9.78 Å². The summed E-state index contributed by atoms with van der Waals surface area (Å²) in [4.78, 5) is 52.1. The summed E-state index contributed by atoms with van der Waals surface area (Å²) in [5, 5.41) is 3.04. The number of aromatic nitrogens is 1. The molecule has 1 atom stereocenters. The van der Waals surface area contributed by atoms with Crippen LogP contribution in [0.4, 0.5) is 21.0 Å². The summed E-state index contributed by atoms with van der Waals surface area (Å²) in [6, 6.07) is 17.5. The van der Waals surface area contributed by atoms with E-state index in [2.05, 4.69) is 47.1 Å². The Morgan fingerprint density at radius 1 is 0.889 bits per heavy atom. The Morgan fingerprint density at radius 2 is 1.62 bits per heavy atom. The zero-order chi connectivity index (χ0) is 31.3. The van der Waals surface area contributed by atoms with Gasteiger partial charge in [-0.15, -0.1) is 0 Å². The maximum atomic E-state index is 13.9. The summed E-state index contributed by atoms with van der Waals surface area (Å²) in [5.74, 6) is -0.188. The third kappa shape index (κ3) is 7.44. The Kier molecular flexibility index (Phi) is 9.89. The van der Waals surface area contributed by atoms with Crippen LogP contribution in [0.15, 0.2) is 75.9 Å². The lowest BCUT2D eigenvalue weighted by Gasteiger charge is -2.39. The minimum Gasteiger partial charge on any atom is -0.436 e. The Hall–Kier alpha value is -3.64. The lowest BCUT2D eigenvalue weighted by Crippen LogP contribution is -2.54. The van der Waals surface area contributed by atoms with Gasteiger partial charge in [0.15, 0.2) is 6.10 Å². The summed E-state index contributed by atoms with van der Waals surface area (Å²) in [6.07, 6.45) is 4.43. The van der Waals surface area contributed by atoms with Crippen LogP contribution in [0.2, 0.25) is 0 Å². The molecule has 0 saturated carbocycles. The molecule has 3 aromatic rings. The van der Waals surface area contributed by atoms with Crippen molar-refractivity contribution in [1.29, 1.82) is 0 Å². The van der Waals surface area contributed by atoms with Gasteiger partial charge in [-0.05, 0) is 92.6 Å². The van der Waals surface area contributed by atoms with E-state index in [4.69, 9.17) is 4.74 Å². The highest BCUT2D eigenvalue weighted by atomic mass is 79.9. The van der Waals surface area contributed by atoms with Crippen molar-refractivity contribution in [3.63, 3.8) is 0 Å². The first-order chi connectivity index (χ1) is 21.9. The number of benzene rings is 2. The van der Waals surface area contributed by atoms with Gasteiger partial charge in [0, 0.05) is 91.0 Å². The van der Waals surface area contributed by atoms with E-state index in [9.17, 15) is 14.4 Å². The number of pyridine rings is 1. The van der Waals surface area contributed by atoms with Crippen molar-refractivity contribution >= 4 is 61.3 Å². The predicted molar refractivity (Wildman–Crippen MR) is 179 cm³/mol. The number of carbonyl (C=O) groups excluding carboxylic acids is 3. The van der Waals surface area contributed by atoms with Gasteiger partial charge in [-0.25, -0.2) is 9.59 Å². The zero-order valence-corrected chi connectivity index (χ0v) is 28.1. The molecule has 0 bridgehead atoms. The van der Waals surface area contributed by atoms with E-state index in [0.29, 0.717) is 58.7 Å². The number of urea groups is 1. The van der Waals surface area contributed by atoms with Crippen LogP contribution in [-0.2, 0) is 22.4 Å². The quantitative estimate of drug-likeness (QED) is 0.356. The molecule has 1 unspecified atom stereocenters. The van der Waals surface area contributed by atoms with Crippen molar-refractivity contribution in [2.45, 2.75) is 37.8 Å². The Labute approximate surface area is 280 Å². The third-order valence-corrected chi connectivity index (χ3v) is 10.7. The molecule has 4 heterocycles. The van der Waals surface area contributed by atoms with E-state index in [-0.39, 0.29) is 24.4 Å². The third-order valence-electron chi connectivity index (χ3n) is 8.85. The predicted octanol–water partition coefficient (Wildman–Crippen LogP) is 5.56. The molecule has 0 spiro atoms. The minimum atomic E-state index is -0.953.